The van der Waals surface area contributed by atoms with Crippen molar-refractivity contribution in [2.24, 2.45) is 5.10 Å². The average Bonchev–Trinajstić information content (AvgIpc) is 3.03. The molecule has 0 radical (unpaired) electrons. The minimum absolute atomic E-state index is 0.0267. The zero-order chi connectivity index (χ0) is 18.5. The molecule has 0 aliphatic rings. The fraction of sp³-hybridized carbons (Fsp3) is 0.118. The number of nitrogens with zero attached hydrogens (tertiary/aromatic N) is 2. The largest absolute Gasteiger partial charge is 0.504 e. The summed E-state index contributed by atoms with van der Waals surface area (Å²) < 4.78 is 11.2. The molecular formula is C17H14BrN3O4S. The number of benzene rings is 2. The van der Waals surface area contributed by atoms with Crippen LogP contribution >= 0.6 is 27.7 Å². The zero-order valence-electron chi connectivity index (χ0n) is 13.6. The first-order valence-electron chi connectivity index (χ1n) is 7.43. The van der Waals surface area contributed by atoms with E-state index in [2.05, 4.69) is 31.4 Å². The van der Waals surface area contributed by atoms with E-state index in [-0.39, 0.29) is 17.4 Å². The molecule has 134 valence electrons. The molecule has 26 heavy (non-hydrogen) atoms. The summed E-state index contributed by atoms with van der Waals surface area (Å²) in [5, 5.41) is 14.1. The fourth-order valence-corrected chi connectivity index (χ4v) is 3.39. The number of hydrogen-bond donors (Lipinski definition) is 2. The number of oxazole rings is 1. The third-order valence-electron chi connectivity index (χ3n) is 3.25. The van der Waals surface area contributed by atoms with Crippen LogP contribution in [0, 0.1) is 0 Å². The van der Waals surface area contributed by atoms with Gasteiger partial charge in [0.1, 0.15) is 5.52 Å². The van der Waals surface area contributed by atoms with Gasteiger partial charge >= 0.3 is 0 Å². The molecule has 9 heteroatoms. The summed E-state index contributed by atoms with van der Waals surface area (Å²) in [6.45, 7) is 0. The van der Waals surface area contributed by atoms with Crippen molar-refractivity contribution in [2.45, 2.75) is 5.22 Å². The Labute approximate surface area is 161 Å². The Bertz CT molecular complexity index is 918. The van der Waals surface area contributed by atoms with Crippen molar-refractivity contribution in [1.82, 2.24) is 10.4 Å². The Balaban J connectivity index is 1.54. The summed E-state index contributed by atoms with van der Waals surface area (Å²) in [5.41, 5.74) is 4.44. The van der Waals surface area contributed by atoms with Gasteiger partial charge in [-0.25, -0.2) is 10.4 Å². The van der Waals surface area contributed by atoms with E-state index >= 15 is 0 Å². The Morgan fingerprint density at radius 1 is 1.46 bits per heavy atom. The van der Waals surface area contributed by atoms with E-state index in [9.17, 15) is 9.90 Å². The number of rotatable bonds is 6. The molecule has 2 aromatic carbocycles. The van der Waals surface area contributed by atoms with E-state index in [0.29, 0.717) is 26.6 Å². The lowest BCUT2D eigenvalue weighted by Gasteiger charge is -2.06. The number of ether oxygens (including phenoxy) is 1. The van der Waals surface area contributed by atoms with Gasteiger partial charge < -0.3 is 14.3 Å². The van der Waals surface area contributed by atoms with E-state index in [1.165, 1.54) is 31.2 Å². The van der Waals surface area contributed by atoms with E-state index in [1.54, 1.807) is 6.07 Å². The quantitative estimate of drug-likeness (QED) is 0.349. The van der Waals surface area contributed by atoms with Gasteiger partial charge in [0, 0.05) is 0 Å². The Hall–Kier alpha value is -2.52. The molecule has 7 nitrogen and oxygen atoms in total. The first-order valence-corrected chi connectivity index (χ1v) is 9.21. The number of aromatic hydroxyl groups is 1. The van der Waals surface area contributed by atoms with Crippen LogP contribution in [0.5, 0.6) is 11.5 Å². The van der Waals surface area contributed by atoms with Crippen LogP contribution in [-0.4, -0.2) is 35.1 Å². The molecule has 1 amide bonds. The first-order chi connectivity index (χ1) is 12.6. The minimum Gasteiger partial charge on any atom is -0.504 e. The van der Waals surface area contributed by atoms with Crippen LogP contribution in [0.15, 0.2) is 55.6 Å². The van der Waals surface area contributed by atoms with Crippen LogP contribution in [0.2, 0.25) is 0 Å². The predicted octanol–water partition coefficient (Wildman–Crippen LogP) is 3.55. The topological polar surface area (TPSA) is 97.0 Å². The second-order valence-electron chi connectivity index (χ2n) is 5.08. The lowest BCUT2D eigenvalue weighted by Crippen LogP contribution is -2.19. The molecule has 3 rings (SSSR count). The summed E-state index contributed by atoms with van der Waals surface area (Å²) >= 11 is 4.47. The maximum absolute atomic E-state index is 11.9. The molecule has 2 N–H and O–H groups in total. The second-order valence-corrected chi connectivity index (χ2v) is 6.87. The summed E-state index contributed by atoms with van der Waals surface area (Å²) in [4.78, 5) is 16.1. The number of nitrogens with one attached hydrogen (secondary N) is 1. The number of aromatic nitrogens is 1. The van der Waals surface area contributed by atoms with E-state index in [4.69, 9.17) is 9.15 Å². The number of methoxy groups -OCH3 is 1. The number of para-hydroxylation sites is 2. The molecule has 3 aromatic rings. The van der Waals surface area contributed by atoms with Crippen molar-refractivity contribution in [2.75, 3.05) is 12.9 Å². The van der Waals surface area contributed by atoms with Crippen LogP contribution in [0.3, 0.4) is 0 Å². The lowest BCUT2D eigenvalue weighted by atomic mass is 10.2. The Kier molecular flexibility index (Phi) is 5.79. The number of amides is 1. The van der Waals surface area contributed by atoms with Crippen LogP contribution < -0.4 is 10.2 Å². The summed E-state index contributed by atoms with van der Waals surface area (Å²) in [5.74, 6) is 0.120. The molecule has 1 aromatic heterocycles. The summed E-state index contributed by atoms with van der Waals surface area (Å²) in [7, 11) is 1.46. The molecular weight excluding hydrogens is 422 g/mol. The number of carbonyl (C=O) groups excluding carboxylic acids is 1. The van der Waals surface area contributed by atoms with Gasteiger partial charge in [-0.05, 0) is 45.8 Å². The molecule has 0 spiro atoms. The van der Waals surface area contributed by atoms with Crippen molar-refractivity contribution >= 4 is 50.9 Å². The molecule has 0 aliphatic heterocycles. The van der Waals surface area contributed by atoms with Crippen LogP contribution in [-0.2, 0) is 4.79 Å². The van der Waals surface area contributed by atoms with Crippen LogP contribution in [0.4, 0.5) is 0 Å². The second kappa shape index (κ2) is 8.24. The number of phenolic OH excluding ortho intramolecular Hbond substituents is 1. The third kappa shape index (κ3) is 4.36. The standard InChI is InChI=1S/C17H14BrN3O4S/c1-24-16-11(18)6-10(7-13(16)22)8-19-21-15(23)9-26-17-20-12-4-2-3-5-14(12)25-17/h2-8,22H,9H2,1H3,(H,21,23)/b19-8+. The smallest absolute Gasteiger partial charge is 0.257 e. The van der Waals surface area contributed by atoms with Crippen molar-refractivity contribution in [3.8, 4) is 11.5 Å². The SMILES string of the molecule is COc1c(O)cc(/C=N/NC(=O)CSc2nc3ccccc3o2)cc1Br. The van der Waals surface area contributed by atoms with Gasteiger partial charge in [-0.15, -0.1) is 0 Å². The number of fused-ring (bicyclic) bond motifs is 1. The van der Waals surface area contributed by atoms with E-state index < -0.39 is 0 Å². The Morgan fingerprint density at radius 2 is 2.27 bits per heavy atom. The number of phenols is 1. The normalized spacial score (nSPS) is 11.2. The lowest BCUT2D eigenvalue weighted by molar-refractivity contribution is -0.118. The maximum atomic E-state index is 11.9. The average molecular weight is 436 g/mol. The van der Waals surface area contributed by atoms with Crippen molar-refractivity contribution < 1.29 is 19.1 Å². The first kappa shape index (κ1) is 18.3. The molecule has 0 bridgehead atoms. The molecule has 0 fully saturated rings. The Morgan fingerprint density at radius 3 is 3.00 bits per heavy atom. The van der Waals surface area contributed by atoms with Crippen LogP contribution in [0.1, 0.15) is 5.56 Å². The highest BCUT2D eigenvalue weighted by Crippen LogP contribution is 2.34. The highest BCUT2D eigenvalue weighted by Gasteiger charge is 2.09. The molecule has 0 aliphatic carbocycles. The summed E-state index contributed by atoms with van der Waals surface area (Å²) in [6.07, 6.45) is 1.42. The number of halogens is 1. The molecule has 1 heterocycles. The highest BCUT2D eigenvalue weighted by atomic mass is 79.9. The van der Waals surface area contributed by atoms with Gasteiger partial charge in [-0.1, -0.05) is 23.9 Å². The number of hydrogen-bond acceptors (Lipinski definition) is 7. The predicted molar refractivity (Wildman–Crippen MR) is 103 cm³/mol. The fourth-order valence-electron chi connectivity index (χ4n) is 2.13. The van der Waals surface area contributed by atoms with Gasteiger partial charge in [0.25, 0.3) is 11.1 Å². The van der Waals surface area contributed by atoms with E-state index in [0.717, 1.165) is 5.52 Å². The van der Waals surface area contributed by atoms with Gasteiger partial charge in [0.05, 0.1) is 23.5 Å². The number of carbonyl (C=O) groups is 1. The number of thioether (sulfide) groups is 1. The molecule has 0 unspecified atom stereocenters. The maximum Gasteiger partial charge on any atom is 0.257 e. The van der Waals surface area contributed by atoms with Crippen molar-refractivity contribution in [3.63, 3.8) is 0 Å². The zero-order valence-corrected chi connectivity index (χ0v) is 16.0. The molecule has 0 saturated heterocycles. The van der Waals surface area contributed by atoms with Crippen molar-refractivity contribution in [3.05, 3.63) is 46.4 Å². The van der Waals surface area contributed by atoms with Gasteiger partial charge in [0.15, 0.2) is 17.1 Å². The monoisotopic (exact) mass is 435 g/mol. The molecule has 0 saturated carbocycles. The van der Waals surface area contributed by atoms with E-state index in [1.807, 2.05) is 24.3 Å². The number of hydrazone groups is 1. The van der Waals surface area contributed by atoms with Gasteiger partial charge in [-0.2, -0.15) is 5.10 Å². The minimum atomic E-state index is -0.301. The van der Waals surface area contributed by atoms with Crippen LogP contribution in [0.25, 0.3) is 11.1 Å². The highest BCUT2D eigenvalue weighted by molar-refractivity contribution is 9.10. The molecule has 0 atom stereocenters. The van der Waals surface area contributed by atoms with Crippen molar-refractivity contribution in [1.29, 1.82) is 0 Å². The third-order valence-corrected chi connectivity index (χ3v) is 4.67. The van der Waals surface area contributed by atoms with Gasteiger partial charge in [0.2, 0.25) is 0 Å². The van der Waals surface area contributed by atoms with Gasteiger partial charge in [-0.3, -0.25) is 4.79 Å². The summed E-state index contributed by atoms with van der Waals surface area (Å²) in [6, 6.07) is 10.6.